The summed E-state index contributed by atoms with van der Waals surface area (Å²) in [5, 5.41) is 0. The fraction of sp³-hybridized carbons (Fsp3) is 0.500. The van der Waals surface area contributed by atoms with Crippen LogP contribution in [0.2, 0.25) is 0 Å². The van der Waals surface area contributed by atoms with E-state index in [2.05, 4.69) is 9.53 Å². The summed E-state index contributed by atoms with van der Waals surface area (Å²) in [5.74, 6) is -0.630. The Kier molecular flexibility index (Phi) is 3.44. The third-order valence-electron chi connectivity index (χ3n) is 0.450. The molecule has 8 heavy (non-hydrogen) atoms. The topological polar surface area (TPSA) is 62.7 Å². The fourth-order valence-corrected chi connectivity index (χ4v) is 0.227. The van der Waals surface area contributed by atoms with E-state index in [-0.39, 0.29) is 0 Å². The van der Waals surface area contributed by atoms with Crippen molar-refractivity contribution < 1.29 is 14.3 Å². The minimum Gasteiger partial charge on any atom is -0.458 e. The van der Waals surface area contributed by atoms with Gasteiger partial charge in [-0.2, -0.15) is 4.79 Å². The van der Waals surface area contributed by atoms with Gasteiger partial charge in [-0.1, -0.05) is 0 Å². The molecule has 0 saturated carbocycles. The van der Waals surface area contributed by atoms with Crippen molar-refractivity contribution >= 4 is 12.2 Å². The number of rotatable bonds is 2. The van der Waals surface area contributed by atoms with Gasteiger partial charge in [0, 0.05) is 0 Å². The molecule has 0 aromatic carbocycles. The predicted octanol–water partition coefficient (Wildman–Crippen LogP) is -0.150. The zero-order valence-corrected chi connectivity index (χ0v) is 4.50. The molecule has 0 aromatic rings. The van der Waals surface area contributed by atoms with Crippen molar-refractivity contribution in [3.8, 4) is 0 Å². The molecular formula is C4H6N2O2. The SMILES string of the molecule is CCO[14C](=O)C=[N+]=[N-]. The minimum atomic E-state index is -0.630. The Hall–Kier alpha value is -1.15. The standard InChI is InChI=1S/C4H6N2O2/c1-2-8-4(7)3-6-5/h3H,2H2,1H3/i4+2. The van der Waals surface area contributed by atoms with Gasteiger partial charge >= 0.3 is 12.2 Å². The molecule has 44 valence electrons. The van der Waals surface area contributed by atoms with Gasteiger partial charge in [0.2, 0.25) is 0 Å². The van der Waals surface area contributed by atoms with Crippen molar-refractivity contribution in [2.75, 3.05) is 6.61 Å². The number of hydrogen-bond donors (Lipinski definition) is 0. The van der Waals surface area contributed by atoms with E-state index < -0.39 is 5.97 Å². The zero-order chi connectivity index (χ0) is 6.41. The Morgan fingerprint density at radius 3 is 3.00 bits per heavy atom. The van der Waals surface area contributed by atoms with E-state index in [4.69, 9.17) is 5.53 Å². The third kappa shape index (κ3) is 3.06. The normalized spacial score (nSPS) is 7.12. The lowest BCUT2D eigenvalue weighted by atomic mass is 10.9. The fourth-order valence-electron chi connectivity index (χ4n) is 0.227. The summed E-state index contributed by atoms with van der Waals surface area (Å²) in [5.41, 5.74) is 7.73. The lowest BCUT2D eigenvalue weighted by Crippen LogP contribution is -2.04. The molecule has 0 spiro atoms. The van der Waals surface area contributed by atoms with Crippen LogP contribution in [0.1, 0.15) is 6.92 Å². The van der Waals surface area contributed by atoms with Crippen molar-refractivity contribution in [2.45, 2.75) is 6.92 Å². The van der Waals surface area contributed by atoms with Crippen LogP contribution in [0.25, 0.3) is 5.53 Å². The van der Waals surface area contributed by atoms with Crippen LogP contribution >= 0.6 is 0 Å². The summed E-state index contributed by atoms with van der Waals surface area (Å²) in [6.07, 6.45) is 0.698. The average Bonchev–Trinajstić information content (AvgIpc) is 1.68. The molecule has 0 aliphatic heterocycles. The number of ether oxygens (including phenoxy) is 1. The van der Waals surface area contributed by atoms with E-state index in [1.807, 2.05) is 0 Å². The van der Waals surface area contributed by atoms with Crippen LogP contribution in [0.5, 0.6) is 0 Å². The maximum absolute atomic E-state index is 10.1. The smallest absolute Gasteiger partial charge is 0.413 e. The number of nitrogens with zero attached hydrogens (tertiary/aromatic N) is 2. The molecule has 0 atom stereocenters. The van der Waals surface area contributed by atoms with Crippen molar-refractivity contribution in [2.24, 2.45) is 0 Å². The second kappa shape index (κ2) is 4.02. The molecule has 0 unspecified atom stereocenters. The van der Waals surface area contributed by atoms with E-state index in [1.54, 1.807) is 6.92 Å². The Morgan fingerprint density at radius 2 is 2.62 bits per heavy atom. The molecule has 0 radical (unpaired) electrons. The van der Waals surface area contributed by atoms with Crippen LogP contribution in [-0.2, 0) is 9.53 Å². The molecule has 0 aliphatic carbocycles. The Balaban J connectivity index is 3.49. The molecule has 0 amide bonds. The van der Waals surface area contributed by atoms with Crippen molar-refractivity contribution in [1.82, 2.24) is 0 Å². The molecule has 4 nitrogen and oxygen atoms in total. The lowest BCUT2D eigenvalue weighted by Gasteiger charge is -1.86. The first-order valence-corrected chi connectivity index (χ1v) is 2.15. The Bertz CT molecular complexity index is 126. The number of hydrogen-bond acceptors (Lipinski definition) is 2. The number of carbonyl (C=O) groups excluding carboxylic acids is 1. The van der Waals surface area contributed by atoms with E-state index in [1.165, 1.54) is 0 Å². The first kappa shape index (κ1) is 6.85. The summed E-state index contributed by atoms with van der Waals surface area (Å²) in [6, 6.07) is 0. The van der Waals surface area contributed by atoms with Crippen molar-refractivity contribution in [1.29, 1.82) is 0 Å². The molecule has 0 aromatic heterocycles. The molecule has 0 N–H and O–H groups in total. The van der Waals surface area contributed by atoms with Crippen LogP contribution in [0, 0.1) is 0 Å². The molecule has 0 rings (SSSR count). The first-order chi connectivity index (χ1) is 3.81. The van der Waals surface area contributed by atoms with Crippen LogP contribution in [0.15, 0.2) is 0 Å². The second-order valence-electron chi connectivity index (χ2n) is 0.997. The van der Waals surface area contributed by atoms with Gasteiger partial charge in [-0.3, -0.25) is 0 Å². The summed E-state index contributed by atoms with van der Waals surface area (Å²) >= 11 is 0. The van der Waals surface area contributed by atoms with Crippen LogP contribution < -0.4 is 0 Å². The number of carbonyl (C=O) groups is 1. The van der Waals surface area contributed by atoms with Crippen molar-refractivity contribution in [3.05, 3.63) is 5.53 Å². The molecule has 0 bridgehead atoms. The Labute approximate surface area is 46.7 Å². The maximum atomic E-state index is 10.1. The average molecular weight is 116 g/mol. The molecular weight excluding hydrogens is 110 g/mol. The third-order valence-corrected chi connectivity index (χ3v) is 0.450. The molecule has 0 heterocycles. The molecule has 0 fully saturated rings. The highest BCUT2D eigenvalue weighted by Crippen LogP contribution is 1.68. The van der Waals surface area contributed by atoms with Gasteiger partial charge in [0.1, 0.15) is 0 Å². The van der Waals surface area contributed by atoms with Crippen LogP contribution in [0.3, 0.4) is 0 Å². The lowest BCUT2D eigenvalue weighted by molar-refractivity contribution is -0.138. The number of esters is 1. The zero-order valence-electron chi connectivity index (χ0n) is 4.50. The first-order valence-electron chi connectivity index (χ1n) is 2.15. The largest absolute Gasteiger partial charge is 0.458 e. The maximum Gasteiger partial charge on any atom is 0.413 e. The highest BCUT2D eigenvalue weighted by atomic mass is 16.8. The van der Waals surface area contributed by atoms with E-state index in [0.29, 0.717) is 12.8 Å². The van der Waals surface area contributed by atoms with Crippen LogP contribution in [-0.4, -0.2) is 23.6 Å². The summed E-state index contributed by atoms with van der Waals surface area (Å²) < 4.78 is 4.33. The second-order valence-corrected chi connectivity index (χ2v) is 0.997. The van der Waals surface area contributed by atoms with Crippen molar-refractivity contribution in [3.63, 3.8) is 0 Å². The minimum absolute atomic E-state index is 0.296. The molecule has 0 saturated heterocycles. The van der Waals surface area contributed by atoms with Gasteiger partial charge in [0.05, 0.1) is 6.61 Å². The van der Waals surface area contributed by atoms with Gasteiger partial charge in [-0.15, -0.1) is 0 Å². The summed E-state index contributed by atoms with van der Waals surface area (Å²) in [6.45, 7) is 1.97. The van der Waals surface area contributed by atoms with E-state index in [9.17, 15) is 4.79 Å². The van der Waals surface area contributed by atoms with Gasteiger partial charge in [0.25, 0.3) is 0 Å². The van der Waals surface area contributed by atoms with E-state index in [0.717, 1.165) is 0 Å². The summed E-state index contributed by atoms with van der Waals surface area (Å²) in [7, 11) is 0. The van der Waals surface area contributed by atoms with Crippen LogP contribution in [0.4, 0.5) is 0 Å². The van der Waals surface area contributed by atoms with Gasteiger partial charge < -0.3 is 10.3 Å². The predicted molar refractivity (Wildman–Crippen MR) is 26.3 cm³/mol. The quantitative estimate of drug-likeness (QED) is 0.218. The monoisotopic (exact) mass is 116 g/mol. The Morgan fingerprint density at radius 1 is 2.00 bits per heavy atom. The summed E-state index contributed by atoms with van der Waals surface area (Å²) in [4.78, 5) is 12.6. The highest BCUT2D eigenvalue weighted by Gasteiger charge is 1.97. The molecule has 0 aliphatic rings. The highest BCUT2D eigenvalue weighted by molar-refractivity contribution is 6.20. The van der Waals surface area contributed by atoms with E-state index >= 15 is 0 Å². The van der Waals surface area contributed by atoms with Gasteiger partial charge in [-0.25, -0.2) is 4.79 Å². The van der Waals surface area contributed by atoms with Gasteiger partial charge in [-0.05, 0) is 6.92 Å². The van der Waals surface area contributed by atoms with Gasteiger partial charge in [0.15, 0.2) is 0 Å². The molecule has 4 heteroatoms.